The summed E-state index contributed by atoms with van der Waals surface area (Å²) in [4.78, 5) is 15.8. The molecule has 1 heterocycles. The van der Waals surface area contributed by atoms with Gasteiger partial charge in [-0.3, -0.25) is 9.52 Å². The highest BCUT2D eigenvalue weighted by Gasteiger charge is 2.11. The molecule has 0 aliphatic rings. The monoisotopic (exact) mass is 282 g/mol. The molecule has 0 atom stereocenters. The van der Waals surface area contributed by atoms with Gasteiger partial charge in [-0.2, -0.15) is 0 Å². The lowest BCUT2D eigenvalue weighted by molar-refractivity contribution is 0.0934. The van der Waals surface area contributed by atoms with Crippen LogP contribution in [0.4, 0.5) is 0 Å². The van der Waals surface area contributed by atoms with Crippen molar-refractivity contribution in [3.05, 3.63) is 24.0 Å². The van der Waals surface area contributed by atoms with E-state index in [4.69, 9.17) is 4.74 Å². The molecule has 0 aliphatic carbocycles. The van der Waals surface area contributed by atoms with Gasteiger partial charge in [0.2, 0.25) is 0 Å². The van der Waals surface area contributed by atoms with Crippen LogP contribution in [0.1, 0.15) is 37.2 Å². The Kier molecular flexibility index (Phi) is 7.52. The number of hydrogen-bond donors (Lipinski definition) is 1. The van der Waals surface area contributed by atoms with Gasteiger partial charge in [0.1, 0.15) is 11.4 Å². The van der Waals surface area contributed by atoms with Crippen molar-refractivity contribution in [3.8, 4) is 5.75 Å². The molecule has 4 nitrogen and oxygen atoms in total. The summed E-state index contributed by atoms with van der Waals surface area (Å²) >= 11 is 1.63. The number of carbonyl (C=O) groups is 1. The third kappa shape index (κ3) is 6.07. The number of rotatable bonds is 9. The fraction of sp³-hybridized carbons (Fsp3) is 0.571. The van der Waals surface area contributed by atoms with E-state index >= 15 is 0 Å². The molecule has 0 fully saturated rings. The van der Waals surface area contributed by atoms with E-state index < -0.39 is 0 Å². The molecule has 0 bridgehead atoms. The van der Waals surface area contributed by atoms with Crippen molar-refractivity contribution < 1.29 is 9.53 Å². The van der Waals surface area contributed by atoms with E-state index in [-0.39, 0.29) is 11.7 Å². The molecular weight excluding hydrogens is 260 g/mol. The molecular formula is C14H22N2O2S. The normalized spacial score (nSPS) is 10.7. The summed E-state index contributed by atoms with van der Waals surface area (Å²) in [5, 5.41) is 0. The number of carbonyl (C=O) groups excluding carboxylic acids is 1. The number of nitrogens with zero attached hydrogens (tertiary/aromatic N) is 1. The van der Waals surface area contributed by atoms with Crippen molar-refractivity contribution in [2.24, 2.45) is 5.92 Å². The van der Waals surface area contributed by atoms with E-state index in [1.165, 1.54) is 0 Å². The Morgan fingerprint density at radius 2 is 2.21 bits per heavy atom. The fourth-order valence-electron chi connectivity index (χ4n) is 1.50. The highest BCUT2D eigenvalue weighted by Crippen LogP contribution is 2.12. The van der Waals surface area contributed by atoms with Crippen LogP contribution in [0, 0.1) is 5.92 Å². The Morgan fingerprint density at radius 1 is 1.42 bits per heavy atom. The lowest BCUT2D eigenvalue weighted by Gasteiger charge is -2.07. The van der Waals surface area contributed by atoms with Crippen LogP contribution in [0.15, 0.2) is 18.3 Å². The number of Topliss-reactive ketones (excluding diaryl/α,β-unsaturated/α-hetero) is 1. The van der Waals surface area contributed by atoms with E-state index in [0.29, 0.717) is 12.3 Å². The molecule has 1 N–H and O–H groups in total. The lowest BCUT2D eigenvalue weighted by Crippen LogP contribution is -2.10. The summed E-state index contributed by atoms with van der Waals surface area (Å²) in [5.74, 6) is 0.760. The van der Waals surface area contributed by atoms with Crippen molar-refractivity contribution in [3.63, 3.8) is 0 Å². The zero-order valence-electron chi connectivity index (χ0n) is 11.8. The third-order valence-corrected chi connectivity index (χ3v) is 3.09. The quantitative estimate of drug-likeness (QED) is 0.429. The number of hydrogen-bond acceptors (Lipinski definition) is 5. The lowest BCUT2D eigenvalue weighted by atomic mass is 10.1. The maximum Gasteiger partial charge on any atom is 0.183 e. The number of ether oxygens (including phenoxy) is 1. The Balaban J connectivity index is 2.30. The molecule has 0 saturated heterocycles. The van der Waals surface area contributed by atoms with Gasteiger partial charge in [0.05, 0.1) is 12.8 Å². The molecule has 0 saturated carbocycles. The number of ketones is 1. The fourth-order valence-corrected chi connectivity index (χ4v) is 1.85. The maximum absolute atomic E-state index is 11.7. The van der Waals surface area contributed by atoms with Gasteiger partial charge in [-0.1, -0.05) is 25.8 Å². The minimum absolute atomic E-state index is 0.0248. The van der Waals surface area contributed by atoms with Crippen LogP contribution in [0.5, 0.6) is 5.75 Å². The molecule has 106 valence electrons. The number of nitrogens with one attached hydrogen (secondary N) is 1. The Bertz CT molecular complexity index is 380. The molecule has 1 aromatic heterocycles. The van der Waals surface area contributed by atoms with Crippen LogP contribution in [0.2, 0.25) is 0 Å². The molecule has 0 aliphatic heterocycles. The van der Waals surface area contributed by atoms with E-state index in [0.717, 1.165) is 25.1 Å². The average molecular weight is 282 g/mol. The molecule has 0 spiro atoms. The molecule has 0 amide bonds. The van der Waals surface area contributed by atoms with E-state index in [1.807, 2.05) is 26.2 Å². The largest absolute Gasteiger partial charge is 0.492 e. The molecule has 0 unspecified atom stereocenters. The SMILES string of the molecule is CSNCCCCOc1ccc(C(=O)C(C)C)nc1. The second kappa shape index (κ2) is 8.93. The summed E-state index contributed by atoms with van der Waals surface area (Å²) in [5.41, 5.74) is 0.506. The Morgan fingerprint density at radius 3 is 2.79 bits per heavy atom. The first kappa shape index (κ1) is 16.0. The van der Waals surface area contributed by atoms with Crippen molar-refractivity contribution in [2.45, 2.75) is 26.7 Å². The van der Waals surface area contributed by atoms with E-state index in [2.05, 4.69) is 9.71 Å². The first-order chi connectivity index (χ1) is 9.15. The van der Waals surface area contributed by atoms with Crippen LogP contribution in [0.25, 0.3) is 0 Å². The van der Waals surface area contributed by atoms with Gasteiger partial charge < -0.3 is 4.74 Å². The number of pyridine rings is 1. The molecule has 1 rings (SSSR count). The standard InChI is InChI=1S/C14H22N2O2S/c1-11(2)14(17)13-7-6-12(10-15-13)18-9-5-4-8-16-19-3/h6-7,10-11,16H,4-5,8-9H2,1-3H3. The van der Waals surface area contributed by atoms with Crippen LogP contribution < -0.4 is 9.46 Å². The zero-order valence-corrected chi connectivity index (χ0v) is 12.6. The summed E-state index contributed by atoms with van der Waals surface area (Å²) in [6, 6.07) is 3.54. The van der Waals surface area contributed by atoms with Gasteiger partial charge in [0.25, 0.3) is 0 Å². The molecule has 5 heteroatoms. The summed E-state index contributed by atoms with van der Waals surface area (Å²) in [7, 11) is 0. The predicted octanol–water partition coefficient (Wildman–Crippen LogP) is 2.95. The number of unbranched alkanes of at least 4 members (excludes halogenated alkanes) is 1. The van der Waals surface area contributed by atoms with Crippen LogP contribution in [-0.4, -0.2) is 30.2 Å². The highest BCUT2D eigenvalue weighted by molar-refractivity contribution is 7.96. The second-order valence-corrected chi connectivity index (χ2v) is 5.25. The molecule has 1 aromatic rings. The van der Waals surface area contributed by atoms with Crippen molar-refractivity contribution in [2.75, 3.05) is 19.4 Å². The van der Waals surface area contributed by atoms with Crippen molar-refractivity contribution >= 4 is 17.7 Å². The van der Waals surface area contributed by atoms with Gasteiger partial charge in [-0.25, -0.2) is 4.98 Å². The highest BCUT2D eigenvalue weighted by atomic mass is 32.2. The summed E-state index contributed by atoms with van der Waals surface area (Å²) in [6.07, 6.45) is 5.72. The van der Waals surface area contributed by atoms with Crippen LogP contribution >= 0.6 is 11.9 Å². The smallest absolute Gasteiger partial charge is 0.183 e. The number of aromatic nitrogens is 1. The third-order valence-electron chi connectivity index (χ3n) is 2.60. The van der Waals surface area contributed by atoms with Gasteiger partial charge >= 0.3 is 0 Å². The van der Waals surface area contributed by atoms with Crippen LogP contribution in [-0.2, 0) is 0 Å². The first-order valence-corrected chi connectivity index (χ1v) is 7.76. The molecule has 0 aromatic carbocycles. The van der Waals surface area contributed by atoms with E-state index in [9.17, 15) is 4.79 Å². The minimum atomic E-state index is -0.0248. The van der Waals surface area contributed by atoms with Gasteiger partial charge in [0.15, 0.2) is 5.78 Å². The topological polar surface area (TPSA) is 51.2 Å². The zero-order chi connectivity index (χ0) is 14.1. The second-order valence-electron chi connectivity index (χ2n) is 4.55. The predicted molar refractivity (Wildman–Crippen MR) is 79.7 cm³/mol. The first-order valence-electron chi connectivity index (χ1n) is 6.54. The van der Waals surface area contributed by atoms with Crippen molar-refractivity contribution in [1.29, 1.82) is 0 Å². The Labute approximate surface area is 119 Å². The van der Waals surface area contributed by atoms with E-state index in [1.54, 1.807) is 24.2 Å². The van der Waals surface area contributed by atoms with Crippen LogP contribution in [0.3, 0.4) is 0 Å². The minimum Gasteiger partial charge on any atom is -0.492 e. The van der Waals surface area contributed by atoms with Gasteiger partial charge in [0, 0.05) is 12.5 Å². The van der Waals surface area contributed by atoms with Gasteiger partial charge in [-0.05, 0) is 31.2 Å². The molecule has 19 heavy (non-hydrogen) atoms. The van der Waals surface area contributed by atoms with Crippen molar-refractivity contribution in [1.82, 2.24) is 9.71 Å². The summed E-state index contributed by atoms with van der Waals surface area (Å²) < 4.78 is 8.76. The summed E-state index contributed by atoms with van der Waals surface area (Å²) in [6.45, 7) is 5.41. The molecule has 0 radical (unpaired) electrons. The maximum atomic E-state index is 11.7. The Hall–Kier alpha value is -1.07. The average Bonchev–Trinajstić information content (AvgIpc) is 2.42. The van der Waals surface area contributed by atoms with Gasteiger partial charge in [-0.15, -0.1) is 0 Å².